The minimum atomic E-state index is -0.776. The number of fused-ring (bicyclic) bond motifs is 3. The van der Waals surface area contributed by atoms with Crippen molar-refractivity contribution in [1.82, 2.24) is 20.0 Å². The normalized spacial score (nSPS) is 33.6. The summed E-state index contributed by atoms with van der Waals surface area (Å²) in [6.45, 7) is 6.75. The summed E-state index contributed by atoms with van der Waals surface area (Å²) in [4.78, 5) is 6.82. The molecule has 4 nitrogen and oxygen atoms in total. The number of nitrogens with zero attached hydrogens (tertiary/aromatic N) is 3. The Balaban J connectivity index is 0.00000200. The molecular weight excluding hydrogens is 338 g/mol. The molecule has 1 N–H and O–H groups in total. The molecular formula is C13H26Cl2MnN4. The van der Waals surface area contributed by atoms with Crippen LogP contribution < -0.4 is 5.32 Å². The molecule has 2 rings (SSSR count). The molecule has 0 spiro atoms. The van der Waals surface area contributed by atoms with Crippen molar-refractivity contribution in [2.45, 2.75) is 23.3 Å². The summed E-state index contributed by atoms with van der Waals surface area (Å²) in [6.07, 6.45) is 2.32. The van der Waals surface area contributed by atoms with Crippen molar-refractivity contribution in [2.24, 2.45) is 0 Å². The summed E-state index contributed by atoms with van der Waals surface area (Å²) in [7, 11) is 4.26. The van der Waals surface area contributed by atoms with Crippen LogP contribution in [-0.4, -0.2) is 85.1 Å². The Morgan fingerprint density at radius 3 is 2.40 bits per heavy atom. The Hall–Kier alpha value is 0.939. The molecule has 20 heavy (non-hydrogen) atoms. The van der Waals surface area contributed by atoms with Gasteiger partial charge in [-0.25, -0.2) is 0 Å². The van der Waals surface area contributed by atoms with E-state index < -0.39 is 4.46 Å². The number of nitrogens with one attached hydrogen (secondary N) is 1. The fourth-order valence-electron chi connectivity index (χ4n) is 2.84. The zero-order valence-electron chi connectivity index (χ0n) is 12.4. The maximum Gasteiger partial charge on any atom is 0.184 e. The summed E-state index contributed by atoms with van der Waals surface area (Å²) in [5, 5.41) is 3.67. The molecule has 2 bridgehead atoms. The number of alkyl halides is 2. The predicted molar refractivity (Wildman–Crippen MR) is 82.0 cm³/mol. The van der Waals surface area contributed by atoms with Crippen LogP contribution in [0.3, 0.4) is 0 Å². The third-order valence-electron chi connectivity index (χ3n) is 4.21. The number of rotatable bonds is 0. The second-order valence-corrected chi connectivity index (χ2v) is 7.37. The zero-order chi connectivity index (χ0) is 13.9. The molecule has 119 valence electrons. The van der Waals surface area contributed by atoms with Gasteiger partial charge in [-0.3, -0.25) is 4.90 Å². The Morgan fingerprint density at radius 1 is 0.950 bits per heavy atom. The number of hydrogen-bond acceptors (Lipinski definition) is 4. The smallest absolute Gasteiger partial charge is 0.184 e. The van der Waals surface area contributed by atoms with Crippen LogP contribution >= 0.6 is 23.2 Å². The van der Waals surface area contributed by atoms with Gasteiger partial charge in [0, 0.05) is 62.4 Å². The first kappa shape index (κ1) is 19.0. The summed E-state index contributed by atoms with van der Waals surface area (Å²) in [5.41, 5.74) is 0. The van der Waals surface area contributed by atoms with Gasteiger partial charge >= 0.3 is 0 Å². The van der Waals surface area contributed by atoms with E-state index in [0.717, 1.165) is 45.7 Å². The Bertz CT molecular complexity index is 294. The van der Waals surface area contributed by atoms with Gasteiger partial charge in [0.25, 0.3) is 0 Å². The fourth-order valence-corrected chi connectivity index (χ4v) is 3.59. The zero-order valence-corrected chi connectivity index (χ0v) is 15.1. The molecule has 2 fully saturated rings. The molecule has 0 aliphatic carbocycles. The predicted octanol–water partition coefficient (Wildman–Crippen LogP) is 1.05. The number of hydrogen-bond donors (Lipinski definition) is 1. The third kappa shape index (κ3) is 5.62. The van der Waals surface area contributed by atoms with Crippen LogP contribution in [0.4, 0.5) is 0 Å². The molecule has 2 aliphatic rings. The second-order valence-electron chi connectivity index (χ2n) is 5.92. The largest absolute Gasteiger partial charge is 0.313 e. The first-order valence-corrected chi connectivity index (χ1v) is 7.96. The van der Waals surface area contributed by atoms with Crippen LogP contribution in [0.2, 0.25) is 0 Å². The van der Waals surface area contributed by atoms with Gasteiger partial charge in [-0.1, -0.05) is 23.2 Å². The van der Waals surface area contributed by atoms with Crippen LogP contribution in [0.5, 0.6) is 0 Å². The van der Waals surface area contributed by atoms with Crippen LogP contribution in [0, 0.1) is 0 Å². The molecule has 0 saturated carbocycles. The number of halogens is 2. The quantitative estimate of drug-likeness (QED) is 0.394. The van der Waals surface area contributed by atoms with Gasteiger partial charge in [-0.05, 0) is 33.5 Å². The van der Waals surface area contributed by atoms with Crippen molar-refractivity contribution in [2.75, 3.05) is 59.9 Å². The standard InChI is InChI=1S/C13H26Cl2N4.Mn/c1-17-6-3-12-4-7-19(10-9-17)13(14,15)11-18(2)8-5-16-12;/h12,16H,3-11H2,1-2H3;. The first-order chi connectivity index (χ1) is 8.97. The van der Waals surface area contributed by atoms with Gasteiger partial charge in [0.1, 0.15) is 0 Å². The van der Waals surface area contributed by atoms with E-state index in [0.29, 0.717) is 12.6 Å². The van der Waals surface area contributed by atoms with Crippen LogP contribution in [0.15, 0.2) is 0 Å². The fraction of sp³-hybridized carbons (Fsp3) is 1.00. The van der Waals surface area contributed by atoms with Gasteiger partial charge in [-0.2, -0.15) is 0 Å². The summed E-state index contributed by atoms with van der Waals surface area (Å²) < 4.78 is -0.776. The van der Waals surface area contributed by atoms with Gasteiger partial charge in [0.05, 0.1) is 0 Å². The van der Waals surface area contributed by atoms with E-state index in [1.54, 1.807) is 0 Å². The van der Waals surface area contributed by atoms with E-state index in [4.69, 9.17) is 23.2 Å². The number of likely N-dealkylation sites (N-methyl/N-ethyl adjacent to an activating group) is 2. The van der Waals surface area contributed by atoms with E-state index in [1.807, 2.05) is 0 Å². The summed E-state index contributed by atoms with van der Waals surface area (Å²) in [5.74, 6) is 0. The molecule has 2 heterocycles. The van der Waals surface area contributed by atoms with E-state index >= 15 is 0 Å². The van der Waals surface area contributed by atoms with Crippen LogP contribution in [0.25, 0.3) is 0 Å². The topological polar surface area (TPSA) is 21.8 Å². The molecule has 0 aromatic rings. The van der Waals surface area contributed by atoms with E-state index in [9.17, 15) is 0 Å². The van der Waals surface area contributed by atoms with Gasteiger partial charge in [0.15, 0.2) is 4.46 Å². The Kier molecular flexibility index (Phi) is 8.11. The third-order valence-corrected chi connectivity index (χ3v) is 4.92. The Labute approximate surface area is 143 Å². The van der Waals surface area contributed by atoms with Gasteiger partial charge in [-0.15, -0.1) is 0 Å². The Morgan fingerprint density at radius 2 is 1.65 bits per heavy atom. The maximum atomic E-state index is 6.60. The molecule has 2 unspecified atom stereocenters. The maximum absolute atomic E-state index is 6.60. The van der Waals surface area contributed by atoms with Crippen molar-refractivity contribution in [3.8, 4) is 0 Å². The molecule has 0 aromatic heterocycles. The van der Waals surface area contributed by atoms with Crippen molar-refractivity contribution in [3.05, 3.63) is 0 Å². The average molecular weight is 364 g/mol. The summed E-state index contributed by atoms with van der Waals surface area (Å²) in [6, 6.07) is 0.568. The molecule has 2 atom stereocenters. The van der Waals surface area contributed by atoms with Crippen molar-refractivity contribution < 1.29 is 17.1 Å². The molecule has 2 saturated heterocycles. The van der Waals surface area contributed by atoms with E-state index in [2.05, 4.69) is 34.1 Å². The van der Waals surface area contributed by atoms with E-state index in [-0.39, 0.29) is 17.1 Å². The van der Waals surface area contributed by atoms with Crippen molar-refractivity contribution in [1.29, 1.82) is 0 Å². The first-order valence-electron chi connectivity index (χ1n) is 7.21. The van der Waals surface area contributed by atoms with Gasteiger partial charge < -0.3 is 15.1 Å². The minimum absolute atomic E-state index is 0. The molecule has 0 amide bonds. The van der Waals surface area contributed by atoms with E-state index in [1.165, 1.54) is 6.42 Å². The van der Waals surface area contributed by atoms with Gasteiger partial charge in [0.2, 0.25) is 0 Å². The van der Waals surface area contributed by atoms with Crippen LogP contribution in [0.1, 0.15) is 12.8 Å². The molecule has 0 aromatic carbocycles. The van der Waals surface area contributed by atoms with Crippen molar-refractivity contribution >= 4 is 23.2 Å². The molecule has 7 heteroatoms. The molecule has 1 radical (unpaired) electrons. The van der Waals surface area contributed by atoms with Crippen molar-refractivity contribution in [3.63, 3.8) is 0 Å². The minimum Gasteiger partial charge on any atom is -0.313 e. The monoisotopic (exact) mass is 363 g/mol. The summed E-state index contributed by atoms with van der Waals surface area (Å²) >= 11 is 13.2. The average Bonchev–Trinajstić information content (AvgIpc) is 2.41. The second kappa shape index (κ2) is 8.54. The SMILES string of the molecule is CN1CCC2CCN(CC1)C(Cl)(Cl)CN(C)CCN2.[Mn]. The molecule has 2 aliphatic heterocycles. The van der Waals surface area contributed by atoms with Crippen LogP contribution in [-0.2, 0) is 17.1 Å².